The minimum Gasteiger partial charge on any atom is -0.340 e. The molecule has 1 saturated heterocycles. The highest BCUT2D eigenvalue weighted by Gasteiger charge is 2.33. The van der Waals surface area contributed by atoms with Crippen molar-refractivity contribution < 1.29 is 4.79 Å². The van der Waals surface area contributed by atoms with Gasteiger partial charge in [0, 0.05) is 38.2 Å². The molecule has 4 aromatic rings. The standard InChI is InChI=1S/C26H18BrClN2OS2/c1-16-21(14-24-25(31)30(26(32)33-24)19-9-6-8-18(27)13-19)20-10-3-5-12-23(20)29(16)15-17-7-2-4-11-22(17)28/h2-14H,15H2,1H3/b24-14-. The van der Waals surface area contributed by atoms with Crippen LogP contribution in [0.2, 0.25) is 5.02 Å². The van der Waals surface area contributed by atoms with E-state index in [9.17, 15) is 4.79 Å². The Morgan fingerprint density at radius 1 is 1.06 bits per heavy atom. The second kappa shape index (κ2) is 9.11. The van der Waals surface area contributed by atoms with Crippen molar-refractivity contribution in [2.24, 2.45) is 0 Å². The lowest BCUT2D eigenvalue weighted by molar-refractivity contribution is -0.113. The molecule has 0 saturated carbocycles. The molecule has 0 N–H and O–H groups in total. The Bertz CT molecular complexity index is 1460. The zero-order valence-corrected chi connectivity index (χ0v) is 21.6. The van der Waals surface area contributed by atoms with Crippen LogP contribution in [0.1, 0.15) is 16.8 Å². The number of thiocarbonyl (C=S) groups is 1. The summed E-state index contributed by atoms with van der Waals surface area (Å²) in [6, 6.07) is 23.7. The first-order valence-electron chi connectivity index (χ1n) is 10.3. The molecule has 0 aliphatic carbocycles. The van der Waals surface area contributed by atoms with Crippen LogP contribution in [-0.2, 0) is 11.3 Å². The highest BCUT2D eigenvalue weighted by atomic mass is 79.9. The fraction of sp³-hybridized carbons (Fsp3) is 0.0769. The van der Waals surface area contributed by atoms with Crippen molar-refractivity contribution >= 4 is 84.4 Å². The summed E-state index contributed by atoms with van der Waals surface area (Å²) in [6.45, 7) is 2.73. The second-order valence-electron chi connectivity index (χ2n) is 7.69. The molecule has 0 atom stereocenters. The number of carbonyl (C=O) groups is 1. The topological polar surface area (TPSA) is 25.2 Å². The molecule has 0 radical (unpaired) electrons. The number of carbonyl (C=O) groups excluding carboxylic acids is 1. The van der Waals surface area contributed by atoms with Crippen molar-refractivity contribution in [2.75, 3.05) is 4.90 Å². The van der Waals surface area contributed by atoms with E-state index < -0.39 is 0 Å². The van der Waals surface area contributed by atoms with Crippen LogP contribution in [0.4, 0.5) is 5.69 Å². The first-order valence-corrected chi connectivity index (χ1v) is 12.7. The van der Waals surface area contributed by atoms with Crippen LogP contribution in [0.15, 0.2) is 82.2 Å². The molecule has 3 aromatic carbocycles. The van der Waals surface area contributed by atoms with Gasteiger partial charge in [-0.05, 0) is 48.9 Å². The van der Waals surface area contributed by atoms with E-state index >= 15 is 0 Å². The highest BCUT2D eigenvalue weighted by molar-refractivity contribution is 9.10. The van der Waals surface area contributed by atoms with Crippen molar-refractivity contribution in [3.63, 3.8) is 0 Å². The number of halogens is 2. The fourth-order valence-electron chi connectivity index (χ4n) is 4.08. The number of aromatic nitrogens is 1. The zero-order valence-electron chi connectivity index (χ0n) is 17.6. The van der Waals surface area contributed by atoms with Gasteiger partial charge in [-0.25, -0.2) is 0 Å². The summed E-state index contributed by atoms with van der Waals surface area (Å²) in [7, 11) is 0. The van der Waals surface area contributed by atoms with Crippen molar-refractivity contribution in [3.8, 4) is 0 Å². The van der Waals surface area contributed by atoms with E-state index in [1.807, 2.05) is 66.7 Å². The van der Waals surface area contributed by atoms with Gasteiger partial charge in [-0.1, -0.05) is 94.0 Å². The predicted octanol–water partition coefficient (Wildman–Crippen LogP) is 7.82. The molecule has 0 spiro atoms. The van der Waals surface area contributed by atoms with Gasteiger partial charge < -0.3 is 4.57 Å². The Labute approximate surface area is 215 Å². The Morgan fingerprint density at radius 2 is 1.82 bits per heavy atom. The number of hydrogen-bond donors (Lipinski definition) is 0. The minimum atomic E-state index is -0.106. The van der Waals surface area contributed by atoms with Gasteiger partial charge in [-0.3, -0.25) is 9.69 Å². The maximum atomic E-state index is 13.3. The minimum absolute atomic E-state index is 0.106. The largest absolute Gasteiger partial charge is 0.340 e. The number of para-hydroxylation sites is 1. The SMILES string of the molecule is Cc1c(/C=C2\SC(=S)N(c3cccc(Br)c3)C2=O)c2ccccc2n1Cc1ccccc1Cl. The van der Waals surface area contributed by atoms with Crippen LogP contribution in [0.5, 0.6) is 0 Å². The third-order valence-electron chi connectivity index (χ3n) is 5.70. The third-order valence-corrected chi connectivity index (χ3v) is 7.87. The van der Waals surface area contributed by atoms with E-state index in [4.69, 9.17) is 23.8 Å². The quantitative estimate of drug-likeness (QED) is 0.190. The van der Waals surface area contributed by atoms with Crippen LogP contribution in [0.3, 0.4) is 0 Å². The van der Waals surface area contributed by atoms with E-state index in [1.54, 1.807) is 4.90 Å². The van der Waals surface area contributed by atoms with Crippen LogP contribution < -0.4 is 4.90 Å². The van der Waals surface area contributed by atoms with Crippen molar-refractivity contribution in [3.05, 3.63) is 104 Å². The van der Waals surface area contributed by atoms with Gasteiger partial charge in [0.05, 0.1) is 10.6 Å². The van der Waals surface area contributed by atoms with E-state index in [0.717, 1.165) is 42.9 Å². The van der Waals surface area contributed by atoms with E-state index in [2.05, 4.69) is 39.6 Å². The monoisotopic (exact) mass is 552 g/mol. The molecule has 164 valence electrons. The number of benzene rings is 3. The fourth-order valence-corrected chi connectivity index (χ4v) is 5.94. The van der Waals surface area contributed by atoms with Crippen LogP contribution in [0, 0.1) is 6.92 Å². The van der Waals surface area contributed by atoms with Crippen molar-refractivity contribution in [2.45, 2.75) is 13.5 Å². The summed E-state index contributed by atoms with van der Waals surface area (Å²) in [5.74, 6) is -0.106. The Morgan fingerprint density at radius 3 is 2.61 bits per heavy atom. The summed E-state index contributed by atoms with van der Waals surface area (Å²) >= 11 is 16.8. The Kier molecular flexibility index (Phi) is 6.18. The van der Waals surface area contributed by atoms with E-state index in [-0.39, 0.29) is 5.91 Å². The molecule has 3 nitrogen and oxygen atoms in total. The normalized spacial score (nSPS) is 15.2. The third kappa shape index (κ3) is 4.17. The number of nitrogens with zero attached hydrogens (tertiary/aromatic N) is 2. The smallest absolute Gasteiger partial charge is 0.270 e. The predicted molar refractivity (Wildman–Crippen MR) is 147 cm³/mol. The summed E-state index contributed by atoms with van der Waals surface area (Å²) in [5.41, 5.74) is 5.00. The summed E-state index contributed by atoms with van der Waals surface area (Å²) in [4.78, 5) is 15.5. The van der Waals surface area contributed by atoms with Gasteiger partial charge in [-0.2, -0.15) is 0 Å². The average Bonchev–Trinajstić information content (AvgIpc) is 3.23. The number of anilines is 1. The lowest BCUT2D eigenvalue weighted by Crippen LogP contribution is -2.27. The number of thioether (sulfide) groups is 1. The van der Waals surface area contributed by atoms with Gasteiger partial charge in [0.15, 0.2) is 4.32 Å². The summed E-state index contributed by atoms with van der Waals surface area (Å²) < 4.78 is 3.68. The molecule has 2 heterocycles. The number of amides is 1. The second-order valence-corrected chi connectivity index (χ2v) is 10.7. The molecule has 5 rings (SSSR count). The van der Waals surface area contributed by atoms with Crippen LogP contribution >= 0.6 is 51.5 Å². The molecule has 1 fully saturated rings. The summed E-state index contributed by atoms with van der Waals surface area (Å²) in [6.07, 6.45) is 1.97. The van der Waals surface area contributed by atoms with Gasteiger partial charge in [0.2, 0.25) is 0 Å². The van der Waals surface area contributed by atoms with E-state index in [1.165, 1.54) is 11.8 Å². The van der Waals surface area contributed by atoms with E-state index in [0.29, 0.717) is 15.8 Å². The maximum Gasteiger partial charge on any atom is 0.270 e. The molecule has 1 aliphatic rings. The van der Waals surface area contributed by atoms with Crippen LogP contribution in [0.25, 0.3) is 17.0 Å². The van der Waals surface area contributed by atoms with Crippen molar-refractivity contribution in [1.82, 2.24) is 4.57 Å². The molecule has 33 heavy (non-hydrogen) atoms. The van der Waals surface area contributed by atoms with Gasteiger partial charge in [0.25, 0.3) is 5.91 Å². The molecule has 0 bridgehead atoms. The molecule has 1 amide bonds. The lowest BCUT2D eigenvalue weighted by Gasteiger charge is -2.14. The molecule has 1 aromatic heterocycles. The summed E-state index contributed by atoms with van der Waals surface area (Å²) in [5, 5.41) is 1.83. The van der Waals surface area contributed by atoms with Gasteiger partial charge in [-0.15, -0.1) is 0 Å². The molecular formula is C26H18BrClN2OS2. The van der Waals surface area contributed by atoms with Gasteiger partial charge in [0.1, 0.15) is 0 Å². The maximum absolute atomic E-state index is 13.3. The average molecular weight is 554 g/mol. The van der Waals surface area contributed by atoms with Crippen molar-refractivity contribution in [1.29, 1.82) is 0 Å². The number of fused-ring (bicyclic) bond motifs is 1. The first kappa shape index (κ1) is 22.4. The Hall–Kier alpha value is -2.38. The molecule has 7 heteroatoms. The first-order chi connectivity index (χ1) is 15.9. The molecule has 1 aliphatic heterocycles. The molecule has 0 unspecified atom stereocenters. The zero-order chi connectivity index (χ0) is 23.1. The number of rotatable bonds is 4. The lowest BCUT2D eigenvalue weighted by atomic mass is 10.1. The number of hydrogen-bond acceptors (Lipinski definition) is 3. The molecular weight excluding hydrogens is 536 g/mol. The highest BCUT2D eigenvalue weighted by Crippen LogP contribution is 2.39. The Balaban J connectivity index is 1.58. The van der Waals surface area contributed by atoms with Gasteiger partial charge >= 0.3 is 0 Å². The van der Waals surface area contributed by atoms with Crippen LogP contribution in [-0.4, -0.2) is 14.8 Å².